The summed E-state index contributed by atoms with van der Waals surface area (Å²) in [7, 11) is 3.62. The van der Waals surface area contributed by atoms with Crippen LogP contribution >= 0.6 is 0 Å². The van der Waals surface area contributed by atoms with Crippen LogP contribution in [0.25, 0.3) is 0 Å². The van der Waals surface area contributed by atoms with Gasteiger partial charge in [-0.2, -0.15) is 5.10 Å². The number of nitrogens with one attached hydrogen (secondary N) is 2. The zero-order valence-corrected chi connectivity index (χ0v) is 14.6. The van der Waals surface area contributed by atoms with Crippen LogP contribution in [0.1, 0.15) is 24.7 Å². The number of nitrogens with zero attached hydrogens (tertiary/aromatic N) is 4. The van der Waals surface area contributed by atoms with E-state index < -0.39 is 0 Å². The van der Waals surface area contributed by atoms with Gasteiger partial charge in [0.05, 0.1) is 13.2 Å². The Hall–Kier alpha value is -2.57. The molecular weight excluding hydrogens is 304 g/mol. The lowest BCUT2D eigenvalue weighted by Gasteiger charge is -2.12. The van der Waals surface area contributed by atoms with Gasteiger partial charge in [0, 0.05) is 20.6 Å². The van der Waals surface area contributed by atoms with Gasteiger partial charge in [0.2, 0.25) is 0 Å². The minimum Gasteiger partial charge on any atom is -0.494 e. The standard InChI is InChI=1S/C17H26N6O/c1-4-10-24-15-7-5-6-14(11-15)8-9-19-17(18-2)20-12-16-21-13-22-23(16)3/h5-7,11,13H,4,8-10,12H2,1-3H3,(H2,18,19,20). The molecule has 0 unspecified atom stereocenters. The molecule has 0 aliphatic heterocycles. The van der Waals surface area contributed by atoms with Crippen molar-refractivity contribution < 1.29 is 4.74 Å². The second kappa shape index (κ2) is 9.54. The normalized spacial score (nSPS) is 11.4. The molecule has 1 aromatic heterocycles. The van der Waals surface area contributed by atoms with E-state index in [0.717, 1.165) is 43.5 Å². The van der Waals surface area contributed by atoms with E-state index in [1.165, 1.54) is 5.56 Å². The molecular formula is C17H26N6O. The molecule has 0 bridgehead atoms. The van der Waals surface area contributed by atoms with E-state index in [4.69, 9.17) is 4.74 Å². The molecule has 1 aromatic carbocycles. The minimum absolute atomic E-state index is 0.580. The highest BCUT2D eigenvalue weighted by Gasteiger charge is 2.03. The average Bonchev–Trinajstić information content (AvgIpc) is 3.01. The maximum absolute atomic E-state index is 5.66. The van der Waals surface area contributed by atoms with Crippen molar-refractivity contribution in [3.63, 3.8) is 0 Å². The van der Waals surface area contributed by atoms with Crippen LogP contribution in [-0.4, -0.2) is 40.9 Å². The third-order valence-corrected chi connectivity index (χ3v) is 3.52. The Morgan fingerprint density at radius 2 is 2.21 bits per heavy atom. The van der Waals surface area contributed by atoms with Gasteiger partial charge in [-0.15, -0.1) is 0 Å². The molecule has 0 atom stereocenters. The second-order valence-corrected chi connectivity index (χ2v) is 5.40. The van der Waals surface area contributed by atoms with E-state index in [1.807, 2.05) is 19.2 Å². The molecule has 130 valence electrons. The Bertz CT molecular complexity index is 652. The number of rotatable bonds is 8. The number of aliphatic imine (C=N–C) groups is 1. The van der Waals surface area contributed by atoms with E-state index in [-0.39, 0.29) is 0 Å². The first kappa shape index (κ1) is 17.8. The van der Waals surface area contributed by atoms with Gasteiger partial charge in [-0.25, -0.2) is 4.98 Å². The Morgan fingerprint density at radius 1 is 1.33 bits per heavy atom. The summed E-state index contributed by atoms with van der Waals surface area (Å²) < 4.78 is 7.40. The van der Waals surface area contributed by atoms with Crippen LogP contribution in [-0.2, 0) is 20.0 Å². The summed E-state index contributed by atoms with van der Waals surface area (Å²) in [5.41, 5.74) is 1.24. The Labute approximate surface area is 143 Å². The second-order valence-electron chi connectivity index (χ2n) is 5.40. The van der Waals surface area contributed by atoms with Gasteiger partial charge < -0.3 is 15.4 Å². The highest BCUT2D eigenvalue weighted by Crippen LogP contribution is 2.13. The number of hydrogen-bond acceptors (Lipinski definition) is 4. The first-order valence-corrected chi connectivity index (χ1v) is 8.22. The molecule has 0 spiro atoms. The van der Waals surface area contributed by atoms with Crippen LogP contribution < -0.4 is 15.4 Å². The zero-order valence-electron chi connectivity index (χ0n) is 14.6. The van der Waals surface area contributed by atoms with E-state index in [2.05, 4.69) is 44.8 Å². The van der Waals surface area contributed by atoms with Gasteiger partial charge >= 0.3 is 0 Å². The predicted molar refractivity (Wildman–Crippen MR) is 95.1 cm³/mol. The summed E-state index contributed by atoms with van der Waals surface area (Å²) in [6.45, 7) is 4.22. The Kier molecular flexibility index (Phi) is 7.07. The van der Waals surface area contributed by atoms with Crippen molar-refractivity contribution in [3.8, 4) is 5.75 Å². The van der Waals surface area contributed by atoms with Crippen molar-refractivity contribution in [2.45, 2.75) is 26.3 Å². The zero-order chi connectivity index (χ0) is 17.2. The highest BCUT2D eigenvalue weighted by atomic mass is 16.5. The third kappa shape index (κ3) is 5.57. The molecule has 24 heavy (non-hydrogen) atoms. The number of benzene rings is 1. The van der Waals surface area contributed by atoms with E-state index in [1.54, 1.807) is 18.1 Å². The van der Waals surface area contributed by atoms with E-state index >= 15 is 0 Å². The highest BCUT2D eigenvalue weighted by molar-refractivity contribution is 5.79. The monoisotopic (exact) mass is 330 g/mol. The fourth-order valence-corrected chi connectivity index (χ4v) is 2.20. The molecule has 2 N–H and O–H groups in total. The number of guanidine groups is 1. The van der Waals surface area contributed by atoms with Gasteiger partial charge in [-0.3, -0.25) is 9.67 Å². The molecule has 0 amide bonds. The molecule has 0 saturated heterocycles. The lowest BCUT2D eigenvalue weighted by molar-refractivity contribution is 0.317. The van der Waals surface area contributed by atoms with Crippen LogP contribution in [0.2, 0.25) is 0 Å². The number of ether oxygens (including phenoxy) is 1. The molecule has 0 fully saturated rings. The maximum atomic E-state index is 5.66. The molecule has 7 nitrogen and oxygen atoms in total. The van der Waals surface area contributed by atoms with Crippen LogP contribution in [0.15, 0.2) is 35.6 Å². The lowest BCUT2D eigenvalue weighted by atomic mass is 10.1. The number of aryl methyl sites for hydroxylation is 1. The summed E-state index contributed by atoms with van der Waals surface area (Å²) >= 11 is 0. The van der Waals surface area contributed by atoms with Crippen molar-refractivity contribution in [3.05, 3.63) is 42.0 Å². The lowest BCUT2D eigenvalue weighted by Crippen LogP contribution is -2.38. The number of hydrogen-bond donors (Lipinski definition) is 2. The molecule has 1 heterocycles. The SMILES string of the molecule is CCCOc1cccc(CCNC(=NC)NCc2ncnn2C)c1. The number of aromatic nitrogens is 3. The quantitative estimate of drug-likeness (QED) is 0.567. The summed E-state index contributed by atoms with van der Waals surface area (Å²) in [5, 5.41) is 10.6. The van der Waals surface area contributed by atoms with Crippen molar-refractivity contribution in [2.75, 3.05) is 20.2 Å². The molecule has 0 saturated carbocycles. The Morgan fingerprint density at radius 3 is 2.92 bits per heavy atom. The van der Waals surface area contributed by atoms with Crippen LogP contribution in [0.5, 0.6) is 5.75 Å². The fourth-order valence-electron chi connectivity index (χ4n) is 2.20. The third-order valence-electron chi connectivity index (χ3n) is 3.52. The topological polar surface area (TPSA) is 76.4 Å². The van der Waals surface area contributed by atoms with Crippen molar-refractivity contribution >= 4 is 5.96 Å². The van der Waals surface area contributed by atoms with E-state index in [0.29, 0.717) is 6.54 Å². The van der Waals surface area contributed by atoms with Gasteiger partial charge in [-0.1, -0.05) is 19.1 Å². The maximum Gasteiger partial charge on any atom is 0.191 e. The fraction of sp³-hybridized carbons (Fsp3) is 0.471. The molecule has 7 heteroatoms. The van der Waals surface area contributed by atoms with Crippen LogP contribution in [0.3, 0.4) is 0 Å². The van der Waals surface area contributed by atoms with Crippen molar-refractivity contribution in [1.29, 1.82) is 0 Å². The minimum atomic E-state index is 0.580. The van der Waals surface area contributed by atoms with Crippen molar-refractivity contribution in [1.82, 2.24) is 25.4 Å². The summed E-state index contributed by atoms with van der Waals surface area (Å²) in [5.74, 6) is 2.54. The summed E-state index contributed by atoms with van der Waals surface area (Å²) in [6, 6.07) is 8.22. The van der Waals surface area contributed by atoms with Gasteiger partial charge in [-0.05, 0) is 30.5 Å². The van der Waals surface area contributed by atoms with E-state index in [9.17, 15) is 0 Å². The molecule has 0 aliphatic rings. The summed E-state index contributed by atoms with van der Waals surface area (Å²) in [4.78, 5) is 8.40. The first-order valence-electron chi connectivity index (χ1n) is 8.22. The Balaban J connectivity index is 1.76. The smallest absolute Gasteiger partial charge is 0.191 e. The van der Waals surface area contributed by atoms with Crippen LogP contribution in [0, 0.1) is 0 Å². The first-order chi connectivity index (χ1) is 11.7. The van der Waals surface area contributed by atoms with Gasteiger partial charge in [0.15, 0.2) is 5.96 Å². The molecule has 0 radical (unpaired) electrons. The van der Waals surface area contributed by atoms with Gasteiger partial charge in [0.25, 0.3) is 0 Å². The molecule has 0 aliphatic carbocycles. The summed E-state index contributed by atoms with van der Waals surface area (Å²) in [6.07, 6.45) is 3.45. The van der Waals surface area contributed by atoms with Crippen molar-refractivity contribution in [2.24, 2.45) is 12.0 Å². The molecule has 2 aromatic rings. The van der Waals surface area contributed by atoms with Gasteiger partial charge in [0.1, 0.15) is 17.9 Å². The van der Waals surface area contributed by atoms with Crippen LogP contribution in [0.4, 0.5) is 0 Å². The largest absolute Gasteiger partial charge is 0.494 e. The average molecular weight is 330 g/mol. The predicted octanol–water partition coefficient (Wildman–Crippen LogP) is 1.51. The molecule has 2 rings (SSSR count).